The van der Waals surface area contributed by atoms with E-state index in [-0.39, 0.29) is 24.0 Å². The predicted octanol–water partition coefficient (Wildman–Crippen LogP) is 1.64. The average molecular weight is 422 g/mol. The molecule has 6 nitrogen and oxygen atoms in total. The van der Waals surface area contributed by atoms with Crippen LogP contribution in [0.25, 0.3) is 16.5 Å². The Kier molecular flexibility index (Phi) is 4.53. The molecular formula is C25H33N4O2+. The molecule has 6 heteroatoms. The number of aromatic amines is 1. The van der Waals surface area contributed by atoms with Crippen LogP contribution < -0.4 is 4.90 Å². The van der Waals surface area contributed by atoms with Crippen LogP contribution in [0.4, 0.5) is 0 Å². The lowest BCUT2D eigenvalue weighted by atomic mass is 9.79. The highest BCUT2D eigenvalue weighted by Crippen LogP contribution is 2.38. The second-order valence-corrected chi connectivity index (χ2v) is 10.2. The second-order valence-electron chi connectivity index (χ2n) is 10.2. The summed E-state index contributed by atoms with van der Waals surface area (Å²) in [6.45, 7) is 6.73. The van der Waals surface area contributed by atoms with Crippen molar-refractivity contribution in [2.75, 3.05) is 26.7 Å². The zero-order chi connectivity index (χ0) is 21.3. The predicted molar refractivity (Wildman–Crippen MR) is 120 cm³/mol. The number of ether oxygens (including phenoxy) is 1. The van der Waals surface area contributed by atoms with Crippen LogP contribution in [0.3, 0.4) is 0 Å². The third-order valence-electron chi connectivity index (χ3n) is 7.88. The summed E-state index contributed by atoms with van der Waals surface area (Å²) < 4.78 is 5.91. The number of quaternary nitrogens is 1. The molecule has 164 valence electrons. The van der Waals surface area contributed by atoms with E-state index in [0.717, 1.165) is 39.0 Å². The van der Waals surface area contributed by atoms with Gasteiger partial charge in [-0.1, -0.05) is 18.2 Å². The van der Waals surface area contributed by atoms with Crippen molar-refractivity contribution in [2.45, 2.75) is 57.3 Å². The van der Waals surface area contributed by atoms with E-state index in [4.69, 9.17) is 4.74 Å². The number of hydrogen-bond acceptors (Lipinski definition) is 3. The van der Waals surface area contributed by atoms with Gasteiger partial charge in [-0.25, -0.2) is 5.01 Å². The number of H-pyrrole nitrogens is 1. The number of morpholine rings is 1. The number of fused-ring (bicyclic) bond motifs is 5. The quantitative estimate of drug-likeness (QED) is 0.792. The van der Waals surface area contributed by atoms with Gasteiger partial charge in [-0.2, -0.15) is 0 Å². The molecule has 2 N–H and O–H groups in total. The molecule has 1 amide bonds. The zero-order valence-electron chi connectivity index (χ0n) is 18.7. The highest BCUT2D eigenvalue weighted by molar-refractivity contribution is 5.98. The molecule has 1 unspecified atom stereocenters. The maximum Gasteiger partial charge on any atom is 0.249 e. The number of benzene rings is 1. The minimum Gasteiger partial charge on any atom is -0.375 e. The fraction of sp³-hybridized carbons (Fsp3) is 0.560. The summed E-state index contributed by atoms with van der Waals surface area (Å²) in [7, 11) is 2.26. The minimum absolute atomic E-state index is 0.0919. The average Bonchev–Trinajstić information content (AvgIpc) is 3.19. The number of piperidine rings is 1. The summed E-state index contributed by atoms with van der Waals surface area (Å²) in [5.74, 6) is 0.158. The standard InChI is InChI=1S/C25H32N4O2/c1-15(2)29(28-13-19-8-7-18(28)14-31-19)25(30)17-9-21-20-5-4-6-22-24(20)16(11-26-22)10-23(21)27(3)12-17/h4-6,9,11,15,17-19,23,26H,7-8,10,12-14H2,1-3H3/p+1/t17-,18+,19+,23-/m1/s1. The normalized spacial score (nSPS) is 32.3. The van der Waals surface area contributed by atoms with Gasteiger partial charge in [0.25, 0.3) is 0 Å². The number of amides is 1. The second kappa shape index (κ2) is 7.19. The van der Waals surface area contributed by atoms with E-state index in [9.17, 15) is 4.79 Å². The van der Waals surface area contributed by atoms with Gasteiger partial charge < -0.3 is 14.6 Å². The molecule has 3 fully saturated rings. The summed E-state index contributed by atoms with van der Waals surface area (Å²) in [5, 5.41) is 5.74. The number of likely N-dealkylation sites (N-methyl/N-ethyl adjacent to an activating group) is 1. The maximum absolute atomic E-state index is 14.0. The van der Waals surface area contributed by atoms with Gasteiger partial charge in [-0.3, -0.25) is 9.80 Å². The van der Waals surface area contributed by atoms with Gasteiger partial charge in [-0.15, -0.1) is 0 Å². The molecule has 5 atom stereocenters. The molecule has 2 bridgehead atoms. The molecule has 4 aliphatic heterocycles. The highest BCUT2D eigenvalue weighted by atomic mass is 16.5. The van der Waals surface area contributed by atoms with Crippen molar-refractivity contribution in [1.29, 1.82) is 0 Å². The first-order valence-corrected chi connectivity index (χ1v) is 11.9. The number of carbonyl (C=O) groups excluding carboxylic acids is 1. The SMILES string of the molecule is CC(C)N(C(=O)[C@@H]1C=C2c3cccc4[nH]cc(c34)C[C@H]2[NH+](C)C1)N1C[C@@H]2CC[C@H]1CO2. The summed E-state index contributed by atoms with van der Waals surface area (Å²) in [6, 6.07) is 7.42. The number of rotatable bonds is 3. The third kappa shape index (κ3) is 2.99. The van der Waals surface area contributed by atoms with Crippen molar-refractivity contribution >= 4 is 22.4 Å². The Labute approximate surface area is 183 Å². The van der Waals surface area contributed by atoms with Gasteiger partial charge in [0.2, 0.25) is 5.91 Å². The molecular weight excluding hydrogens is 388 g/mol. The summed E-state index contributed by atoms with van der Waals surface area (Å²) in [6.07, 6.45) is 8.02. The molecule has 1 aromatic heterocycles. The van der Waals surface area contributed by atoms with Crippen molar-refractivity contribution in [2.24, 2.45) is 5.92 Å². The smallest absolute Gasteiger partial charge is 0.249 e. The lowest BCUT2D eigenvalue weighted by Crippen LogP contribution is -3.15. The number of nitrogens with one attached hydrogen (secondary N) is 2. The van der Waals surface area contributed by atoms with Gasteiger partial charge in [-0.05, 0) is 43.9 Å². The van der Waals surface area contributed by atoms with E-state index >= 15 is 0 Å². The van der Waals surface area contributed by atoms with Crippen LogP contribution in [0.15, 0.2) is 30.5 Å². The fourth-order valence-corrected chi connectivity index (χ4v) is 6.38. The van der Waals surface area contributed by atoms with Crippen LogP contribution in [-0.2, 0) is 16.0 Å². The van der Waals surface area contributed by atoms with Gasteiger partial charge in [0.05, 0.1) is 32.3 Å². The molecule has 0 spiro atoms. The molecule has 7 rings (SSSR count). The summed E-state index contributed by atoms with van der Waals surface area (Å²) in [4.78, 5) is 18.8. The van der Waals surface area contributed by atoms with Gasteiger partial charge >= 0.3 is 0 Å². The molecule has 1 aromatic carbocycles. The Bertz CT molecular complexity index is 1050. The fourth-order valence-electron chi connectivity index (χ4n) is 6.38. The highest BCUT2D eigenvalue weighted by Gasteiger charge is 2.44. The monoisotopic (exact) mass is 421 g/mol. The number of hydrogen-bond donors (Lipinski definition) is 2. The van der Waals surface area contributed by atoms with Crippen molar-refractivity contribution in [3.63, 3.8) is 0 Å². The van der Waals surface area contributed by atoms with Crippen LogP contribution in [0.5, 0.6) is 0 Å². The number of aromatic nitrogens is 1. The Morgan fingerprint density at radius 3 is 2.90 bits per heavy atom. The van der Waals surface area contributed by atoms with Crippen LogP contribution >= 0.6 is 0 Å². The number of carbonyl (C=O) groups is 1. The molecule has 5 heterocycles. The topological polar surface area (TPSA) is 53.0 Å². The first kappa shape index (κ1) is 19.5. The van der Waals surface area contributed by atoms with Crippen LogP contribution in [-0.4, -0.2) is 71.9 Å². The largest absolute Gasteiger partial charge is 0.375 e. The van der Waals surface area contributed by atoms with E-state index in [1.165, 1.54) is 32.5 Å². The molecule has 0 saturated carbocycles. The molecule has 5 aliphatic rings. The van der Waals surface area contributed by atoms with Crippen LogP contribution in [0.1, 0.15) is 37.8 Å². The Hall–Kier alpha value is -2.15. The lowest BCUT2D eigenvalue weighted by molar-refractivity contribution is -0.900. The molecule has 1 aliphatic carbocycles. The Morgan fingerprint density at radius 1 is 1.32 bits per heavy atom. The number of nitrogens with zero attached hydrogens (tertiary/aromatic N) is 2. The first-order valence-electron chi connectivity index (χ1n) is 11.9. The molecule has 3 saturated heterocycles. The van der Waals surface area contributed by atoms with Crippen molar-refractivity contribution in [3.8, 4) is 0 Å². The van der Waals surface area contributed by atoms with Gasteiger partial charge in [0.15, 0.2) is 0 Å². The van der Waals surface area contributed by atoms with Crippen molar-refractivity contribution in [1.82, 2.24) is 15.0 Å². The van der Waals surface area contributed by atoms with E-state index in [2.05, 4.69) is 66.4 Å². The third-order valence-corrected chi connectivity index (χ3v) is 7.88. The van der Waals surface area contributed by atoms with Gasteiger partial charge in [0, 0.05) is 41.7 Å². The lowest BCUT2D eigenvalue weighted by Gasteiger charge is -2.51. The van der Waals surface area contributed by atoms with E-state index in [0.29, 0.717) is 12.1 Å². The molecule has 31 heavy (non-hydrogen) atoms. The summed E-state index contributed by atoms with van der Waals surface area (Å²) >= 11 is 0. The Balaban J connectivity index is 1.37. The Morgan fingerprint density at radius 2 is 2.19 bits per heavy atom. The number of hydrazine groups is 1. The van der Waals surface area contributed by atoms with Gasteiger partial charge in [0.1, 0.15) is 12.0 Å². The first-order chi connectivity index (χ1) is 15.0. The van der Waals surface area contributed by atoms with Crippen LogP contribution in [0, 0.1) is 5.92 Å². The minimum atomic E-state index is -0.0919. The van der Waals surface area contributed by atoms with E-state index < -0.39 is 0 Å². The zero-order valence-corrected chi connectivity index (χ0v) is 18.7. The van der Waals surface area contributed by atoms with E-state index in [1.807, 2.05) is 0 Å². The van der Waals surface area contributed by atoms with Crippen molar-refractivity contribution in [3.05, 3.63) is 41.6 Å². The molecule has 0 radical (unpaired) electrons. The van der Waals surface area contributed by atoms with Crippen molar-refractivity contribution < 1.29 is 14.4 Å². The van der Waals surface area contributed by atoms with Crippen LogP contribution in [0.2, 0.25) is 0 Å². The molecule has 2 aromatic rings. The van der Waals surface area contributed by atoms with E-state index in [1.54, 1.807) is 0 Å². The summed E-state index contributed by atoms with van der Waals surface area (Å²) in [5.41, 5.74) is 5.27. The maximum atomic E-state index is 14.0.